The first-order valence-electron chi connectivity index (χ1n) is 6.20. The van der Waals surface area contributed by atoms with Crippen molar-refractivity contribution in [2.75, 3.05) is 32.3 Å². The van der Waals surface area contributed by atoms with Crippen LogP contribution >= 0.6 is 0 Å². The van der Waals surface area contributed by atoms with Crippen LogP contribution < -0.4 is 10.6 Å². The fourth-order valence-electron chi connectivity index (χ4n) is 1.43. The van der Waals surface area contributed by atoms with Crippen molar-refractivity contribution in [3.05, 3.63) is 0 Å². The highest BCUT2D eigenvalue weighted by atomic mass is 32.2. The van der Waals surface area contributed by atoms with E-state index in [1.54, 1.807) is 0 Å². The van der Waals surface area contributed by atoms with Crippen molar-refractivity contribution in [2.24, 2.45) is 0 Å². The molecule has 0 saturated heterocycles. The molecule has 0 spiro atoms. The van der Waals surface area contributed by atoms with Crippen LogP contribution in [0.2, 0.25) is 0 Å². The first kappa shape index (κ1) is 18.7. The number of carbonyl (C=O) groups excluding carboxylic acids is 1. The summed E-state index contributed by atoms with van der Waals surface area (Å²) in [7, 11) is -1.54. The molecular formula is C11H22N2O6S. The normalized spacial score (nSPS) is 12.7. The minimum atomic E-state index is -3.05. The predicted molar refractivity (Wildman–Crippen MR) is 73.4 cm³/mol. The monoisotopic (exact) mass is 310 g/mol. The number of sulfone groups is 1. The number of rotatable bonds is 10. The number of hydrogen-bond donors (Lipinski definition) is 3. The summed E-state index contributed by atoms with van der Waals surface area (Å²) in [6, 6.07) is -1.61. The van der Waals surface area contributed by atoms with E-state index < -0.39 is 27.9 Å². The molecule has 118 valence electrons. The zero-order valence-corrected chi connectivity index (χ0v) is 12.5. The summed E-state index contributed by atoms with van der Waals surface area (Å²) in [4.78, 5) is 22.4. The van der Waals surface area contributed by atoms with Crippen molar-refractivity contribution in [2.45, 2.75) is 25.3 Å². The number of carbonyl (C=O) groups is 2. The molecule has 2 amide bonds. The van der Waals surface area contributed by atoms with Crippen LogP contribution in [0.3, 0.4) is 0 Å². The molecule has 0 rings (SSSR count). The minimum Gasteiger partial charge on any atom is -0.480 e. The molecule has 0 aliphatic rings. The van der Waals surface area contributed by atoms with Crippen molar-refractivity contribution in [1.82, 2.24) is 10.6 Å². The van der Waals surface area contributed by atoms with Crippen molar-refractivity contribution in [3.63, 3.8) is 0 Å². The van der Waals surface area contributed by atoms with Gasteiger partial charge in [-0.05, 0) is 19.3 Å². The van der Waals surface area contributed by atoms with Gasteiger partial charge >= 0.3 is 12.0 Å². The van der Waals surface area contributed by atoms with Gasteiger partial charge in [0.05, 0.1) is 5.75 Å². The van der Waals surface area contributed by atoms with Crippen LogP contribution in [-0.4, -0.2) is 63.8 Å². The summed E-state index contributed by atoms with van der Waals surface area (Å²) in [6.45, 7) is 0.588. The fourth-order valence-corrected chi connectivity index (χ4v) is 2.10. The Labute approximate surface area is 118 Å². The van der Waals surface area contributed by atoms with E-state index in [-0.39, 0.29) is 25.1 Å². The number of aliphatic carboxylic acids is 1. The molecule has 20 heavy (non-hydrogen) atoms. The lowest BCUT2D eigenvalue weighted by molar-refractivity contribution is -0.139. The summed E-state index contributed by atoms with van der Waals surface area (Å²) in [5.41, 5.74) is 0. The van der Waals surface area contributed by atoms with Crippen LogP contribution in [0.1, 0.15) is 19.3 Å². The number of ether oxygens (including phenoxy) is 1. The lowest BCUT2D eigenvalue weighted by atomic mass is 10.1. The summed E-state index contributed by atoms with van der Waals surface area (Å²) < 4.78 is 26.6. The maximum Gasteiger partial charge on any atom is 0.326 e. The molecule has 0 aromatic rings. The Hall–Kier alpha value is -1.35. The molecule has 0 aromatic carbocycles. The first-order valence-corrected chi connectivity index (χ1v) is 8.26. The van der Waals surface area contributed by atoms with E-state index >= 15 is 0 Å². The standard InChI is InChI=1S/C11H22N2O6S/c1-19-7-3-5-9(10(14)15)13-11(16)12-6-4-8-20(2,17)18/h9H,3-8H2,1-2H3,(H,14,15)(H2,12,13,16). The van der Waals surface area contributed by atoms with Crippen LogP contribution in [0.5, 0.6) is 0 Å². The molecule has 0 fully saturated rings. The van der Waals surface area contributed by atoms with Crippen LogP contribution in [0.15, 0.2) is 0 Å². The molecule has 0 aliphatic heterocycles. The second-order valence-electron chi connectivity index (χ2n) is 4.41. The Bertz CT molecular complexity index is 409. The number of carboxylic acid groups (broad SMARTS) is 1. The molecular weight excluding hydrogens is 288 g/mol. The first-order chi connectivity index (χ1) is 9.26. The van der Waals surface area contributed by atoms with Crippen LogP contribution in [0.25, 0.3) is 0 Å². The van der Waals surface area contributed by atoms with E-state index in [4.69, 9.17) is 9.84 Å². The lowest BCUT2D eigenvalue weighted by Crippen LogP contribution is -2.46. The quantitative estimate of drug-likeness (QED) is 0.472. The molecule has 0 saturated carbocycles. The topological polar surface area (TPSA) is 122 Å². The van der Waals surface area contributed by atoms with E-state index in [1.165, 1.54) is 7.11 Å². The summed E-state index contributed by atoms with van der Waals surface area (Å²) >= 11 is 0. The molecule has 0 heterocycles. The average Bonchev–Trinajstić information content (AvgIpc) is 2.32. The van der Waals surface area contributed by atoms with Gasteiger partial charge in [-0.1, -0.05) is 0 Å². The van der Waals surface area contributed by atoms with Crippen molar-refractivity contribution in [1.29, 1.82) is 0 Å². The van der Waals surface area contributed by atoms with Gasteiger partial charge in [0.2, 0.25) is 0 Å². The van der Waals surface area contributed by atoms with Crippen molar-refractivity contribution in [3.8, 4) is 0 Å². The van der Waals surface area contributed by atoms with Crippen LogP contribution in [0.4, 0.5) is 4.79 Å². The van der Waals surface area contributed by atoms with Gasteiger partial charge in [0.1, 0.15) is 15.9 Å². The SMILES string of the molecule is COCCCC(NC(=O)NCCCS(C)(=O)=O)C(=O)O. The Morgan fingerprint density at radius 2 is 1.95 bits per heavy atom. The summed E-state index contributed by atoms with van der Waals surface area (Å²) in [6.07, 6.45) is 2.18. The van der Waals surface area contributed by atoms with Gasteiger partial charge in [0.25, 0.3) is 0 Å². The number of urea groups is 1. The number of methoxy groups -OCH3 is 1. The Kier molecular flexibility index (Phi) is 8.89. The molecule has 1 atom stereocenters. The third-order valence-electron chi connectivity index (χ3n) is 2.42. The second kappa shape index (κ2) is 9.54. The molecule has 0 bridgehead atoms. The predicted octanol–water partition coefficient (Wildman–Crippen LogP) is -0.400. The number of carboxylic acids is 1. The summed E-state index contributed by atoms with van der Waals surface area (Å²) in [5, 5.41) is 13.7. The number of nitrogens with one attached hydrogen (secondary N) is 2. The highest BCUT2D eigenvalue weighted by Crippen LogP contribution is 1.98. The smallest absolute Gasteiger partial charge is 0.326 e. The van der Waals surface area contributed by atoms with Gasteiger partial charge in [-0.2, -0.15) is 0 Å². The van der Waals surface area contributed by atoms with E-state index in [0.29, 0.717) is 13.0 Å². The van der Waals surface area contributed by atoms with Gasteiger partial charge in [0.15, 0.2) is 0 Å². The second-order valence-corrected chi connectivity index (χ2v) is 6.67. The van der Waals surface area contributed by atoms with Crippen LogP contribution in [0, 0.1) is 0 Å². The van der Waals surface area contributed by atoms with Gasteiger partial charge in [-0.15, -0.1) is 0 Å². The maximum atomic E-state index is 11.4. The molecule has 9 heteroatoms. The number of hydrogen-bond acceptors (Lipinski definition) is 5. The third kappa shape index (κ3) is 10.6. The van der Waals surface area contributed by atoms with E-state index in [9.17, 15) is 18.0 Å². The Balaban J connectivity index is 3.98. The highest BCUT2D eigenvalue weighted by Gasteiger charge is 2.19. The van der Waals surface area contributed by atoms with Crippen molar-refractivity contribution < 1.29 is 27.9 Å². The lowest BCUT2D eigenvalue weighted by Gasteiger charge is -2.14. The molecule has 3 N–H and O–H groups in total. The Morgan fingerprint density at radius 1 is 1.30 bits per heavy atom. The van der Waals surface area contributed by atoms with Gasteiger partial charge in [0, 0.05) is 26.5 Å². The molecule has 0 aliphatic carbocycles. The average molecular weight is 310 g/mol. The van der Waals surface area contributed by atoms with Gasteiger partial charge < -0.3 is 20.5 Å². The third-order valence-corrected chi connectivity index (χ3v) is 3.45. The molecule has 0 aromatic heterocycles. The van der Waals surface area contributed by atoms with Crippen molar-refractivity contribution >= 4 is 21.8 Å². The zero-order chi connectivity index (χ0) is 15.6. The number of amides is 2. The molecule has 8 nitrogen and oxygen atoms in total. The fraction of sp³-hybridized carbons (Fsp3) is 0.818. The summed E-state index contributed by atoms with van der Waals surface area (Å²) in [5.74, 6) is -1.14. The van der Waals surface area contributed by atoms with E-state index in [0.717, 1.165) is 6.26 Å². The van der Waals surface area contributed by atoms with E-state index in [1.807, 2.05) is 0 Å². The minimum absolute atomic E-state index is 0.0243. The van der Waals surface area contributed by atoms with Gasteiger partial charge in [-0.3, -0.25) is 0 Å². The highest BCUT2D eigenvalue weighted by molar-refractivity contribution is 7.90. The molecule has 0 radical (unpaired) electrons. The van der Waals surface area contributed by atoms with Crippen LogP contribution in [-0.2, 0) is 19.4 Å². The zero-order valence-electron chi connectivity index (χ0n) is 11.7. The largest absolute Gasteiger partial charge is 0.480 e. The molecule has 1 unspecified atom stereocenters. The van der Waals surface area contributed by atoms with E-state index in [2.05, 4.69) is 10.6 Å². The Morgan fingerprint density at radius 3 is 2.45 bits per heavy atom. The van der Waals surface area contributed by atoms with Gasteiger partial charge in [-0.25, -0.2) is 18.0 Å². The maximum absolute atomic E-state index is 11.4.